The lowest BCUT2D eigenvalue weighted by Gasteiger charge is -2.11. The van der Waals surface area contributed by atoms with Gasteiger partial charge in [0.2, 0.25) is 0 Å². The predicted octanol–water partition coefficient (Wildman–Crippen LogP) is 0.316. The van der Waals surface area contributed by atoms with Crippen LogP contribution >= 0.6 is 0 Å². The van der Waals surface area contributed by atoms with E-state index in [0.717, 1.165) is 12.3 Å². The minimum atomic E-state index is -0.111. The molecule has 0 atom stereocenters. The second-order valence-electron chi connectivity index (χ2n) is 4.22. The van der Waals surface area contributed by atoms with Crippen LogP contribution in [0.25, 0.3) is 0 Å². The lowest BCUT2D eigenvalue weighted by atomic mass is 10.2. The van der Waals surface area contributed by atoms with Crippen molar-refractivity contribution in [3.63, 3.8) is 0 Å². The summed E-state index contributed by atoms with van der Waals surface area (Å²) in [5.74, 6) is 0.660. The zero-order valence-electron chi connectivity index (χ0n) is 11.0. The van der Waals surface area contributed by atoms with E-state index in [0.29, 0.717) is 25.3 Å². The Kier molecular flexibility index (Phi) is 6.18. The Morgan fingerprint density at radius 1 is 1.33 bits per heavy atom. The molecule has 1 aromatic carbocycles. The van der Waals surface area contributed by atoms with Crippen molar-refractivity contribution < 1.29 is 9.53 Å². The lowest BCUT2D eigenvalue weighted by molar-refractivity contribution is 0.0954. The Labute approximate surface area is 108 Å². The Morgan fingerprint density at radius 3 is 2.56 bits per heavy atom. The average molecular weight is 251 g/mol. The maximum absolute atomic E-state index is 11.6. The van der Waals surface area contributed by atoms with Crippen LogP contribution < -0.4 is 15.8 Å². The predicted molar refractivity (Wildman–Crippen MR) is 71.9 cm³/mol. The first-order valence-corrected chi connectivity index (χ1v) is 5.99. The number of hydrogen-bond donors (Lipinski definition) is 2. The SMILES string of the molecule is CN(C)CCOc1ccc(C(=O)NCCN)cc1. The van der Waals surface area contributed by atoms with Crippen LogP contribution in [0.2, 0.25) is 0 Å². The molecule has 1 amide bonds. The Hall–Kier alpha value is -1.59. The van der Waals surface area contributed by atoms with Crippen LogP contribution in [0.4, 0.5) is 0 Å². The van der Waals surface area contributed by atoms with Crippen molar-refractivity contribution in [1.82, 2.24) is 10.2 Å². The number of nitrogens with zero attached hydrogens (tertiary/aromatic N) is 1. The van der Waals surface area contributed by atoms with Gasteiger partial charge in [-0.05, 0) is 38.4 Å². The summed E-state index contributed by atoms with van der Waals surface area (Å²) in [6, 6.07) is 7.09. The maximum Gasteiger partial charge on any atom is 0.251 e. The van der Waals surface area contributed by atoms with E-state index in [9.17, 15) is 4.79 Å². The van der Waals surface area contributed by atoms with Gasteiger partial charge in [-0.1, -0.05) is 0 Å². The van der Waals surface area contributed by atoms with Crippen molar-refractivity contribution in [1.29, 1.82) is 0 Å². The summed E-state index contributed by atoms with van der Waals surface area (Å²) in [6.07, 6.45) is 0. The quantitative estimate of drug-likeness (QED) is 0.732. The molecule has 0 heterocycles. The molecule has 0 aliphatic carbocycles. The molecular formula is C13H21N3O2. The Morgan fingerprint density at radius 2 is 2.00 bits per heavy atom. The highest BCUT2D eigenvalue weighted by Gasteiger charge is 2.04. The number of amides is 1. The summed E-state index contributed by atoms with van der Waals surface area (Å²) in [7, 11) is 3.99. The van der Waals surface area contributed by atoms with Gasteiger partial charge >= 0.3 is 0 Å². The lowest BCUT2D eigenvalue weighted by Crippen LogP contribution is -2.28. The van der Waals surface area contributed by atoms with Crippen molar-refractivity contribution in [3.05, 3.63) is 29.8 Å². The minimum absolute atomic E-state index is 0.111. The Balaban J connectivity index is 2.44. The third-order valence-corrected chi connectivity index (χ3v) is 2.35. The molecule has 5 heteroatoms. The van der Waals surface area contributed by atoms with Gasteiger partial charge in [-0.2, -0.15) is 0 Å². The van der Waals surface area contributed by atoms with E-state index in [1.54, 1.807) is 24.3 Å². The normalized spacial score (nSPS) is 10.4. The van der Waals surface area contributed by atoms with E-state index in [-0.39, 0.29) is 5.91 Å². The van der Waals surface area contributed by atoms with E-state index in [2.05, 4.69) is 10.2 Å². The summed E-state index contributed by atoms with van der Waals surface area (Å²) in [6.45, 7) is 2.42. The van der Waals surface area contributed by atoms with Crippen LogP contribution in [0.15, 0.2) is 24.3 Å². The molecule has 0 radical (unpaired) electrons. The second-order valence-corrected chi connectivity index (χ2v) is 4.22. The molecule has 0 aromatic heterocycles. The number of nitrogens with two attached hydrogens (primary N) is 1. The third-order valence-electron chi connectivity index (χ3n) is 2.35. The fraction of sp³-hybridized carbons (Fsp3) is 0.462. The number of carbonyl (C=O) groups is 1. The Bertz CT molecular complexity index is 363. The summed E-state index contributed by atoms with van der Waals surface area (Å²) < 4.78 is 5.54. The number of hydrogen-bond acceptors (Lipinski definition) is 4. The zero-order chi connectivity index (χ0) is 13.4. The molecule has 0 unspecified atom stereocenters. The highest BCUT2D eigenvalue weighted by atomic mass is 16.5. The number of benzene rings is 1. The molecule has 0 saturated carbocycles. The number of ether oxygens (including phenoxy) is 1. The standard InChI is InChI=1S/C13H21N3O2/c1-16(2)9-10-18-12-5-3-11(4-6-12)13(17)15-8-7-14/h3-6H,7-10,14H2,1-2H3,(H,15,17). The molecule has 18 heavy (non-hydrogen) atoms. The molecule has 100 valence electrons. The maximum atomic E-state index is 11.6. The van der Waals surface area contributed by atoms with Crippen molar-refractivity contribution >= 4 is 5.91 Å². The fourth-order valence-electron chi connectivity index (χ4n) is 1.34. The summed E-state index contributed by atoms with van der Waals surface area (Å²) in [5.41, 5.74) is 5.93. The van der Waals surface area contributed by atoms with Crippen LogP contribution in [0.5, 0.6) is 5.75 Å². The smallest absolute Gasteiger partial charge is 0.251 e. The summed E-state index contributed by atoms with van der Waals surface area (Å²) in [4.78, 5) is 13.7. The zero-order valence-corrected chi connectivity index (χ0v) is 11.0. The fourth-order valence-corrected chi connectivity index (χ4v) is 1.34. The molecule has 1 aromatic rings. The van der Waals surface area contributed by atoms with Gasteiger partial charge in [0.25, 0.3) is 5.91 Å². The molecule has 0 bridgehead atoms. The van der Waals surface area contributed by atoms with E-state index in [4.69, 9.17) is 10.5 Å². The third kappa shape index (κ3) is 5.16. The van der Waals surface area contributed by atoms with Crippen molar-refractivity contribution in [2.75, 3.05) is 40.3 Å². The molecule has 1 rings (SSSR count). The van der Waals surface area contributed by atoms with E-state index in [1.165, 1.54) is 0 Å². The molecule has 3 N–H and O–H groups in total. The van der Waals surface area contributed by atoms with Crippen molar-refractivity contribution in [2.45, 2.75) is 0 Å². The minimum Gasteiger partial charge on any atom is -0.492 e. The highest BCUT2D eigenvalue weighted by molar-refractivity contribution is 5.94. The van der Waals surface area contributed by atoms with Gasteiger partial charge in [0.1, 0.15) is 12.4 Å². The van der Waals surface area contributed by atoms with Gasteiger partial charge in [-0.25, -0.2) is 0 Å². The number of likely N-dealkylation sites (N-methyl/N-ethyl adjacent to an activating group) is 1. The van der Waals surface area contributed by atoms with Crippen molar-refractivity contribution in [2.24, 2.45) is 5.73 Å². The van der Waals surface area contributed by atoms with Gasteiger partial charge in [0.15, 0.2) is 0 Å². The molecule has 0 fully saturated rings. The molecule has 0 saturated heterocycles. The van der Waals surface area contributed by atoms with E-state index < -0.39 is 0 Å². The van der Waals surface area contributed by atoms with E-state index >= 15 is 0 Å². The first-order valence-electron chi connectivity index (χ1n) is 5.99. The monoisotopic (exact) mass is 251 g/mol. The van der Waals surface area contributed by atoms with Gasteiger partial charge < -0.3 is 20.7 Å². The molecule has 0 aliphatic heterocycles. The number of rotatable bonds is 7. The molecule has 0 aliphatic rings. The molecular weight excluding hydrogens is 230 g/mol. The van der Waals surface area contributed by atoms with Crippen LogP contribution in [0.1, 0.15) is 10.4 Å². The molecule has 5 nitrogen and oxygen atoms in total. The van der Waals surface area contributed by atoms with Crippen LogP contribution in [0, 0.1) is 0 Å². The van der Waals surface area contributed by atoms with Crippen molar-refractivity contribution in [3.8, 4) is 5.75 Å². The highest BCUT2D eigenvalue weighted by Crippen LogP contribution is 2.11. The first kappa shape index (κ1) is 14.5. The van der Waals surface area contributed by atoms with Gasteiger partial charge in [0, 0.05) is 25.2 Å². The largest absolute Gasteiger partial charge is 0.492 e. The number of carbonyl (C=O) groups excluding carboxylic acids is 1. The van der Waals surface area contributed by atoms with Crippen LogP contribution in [-0.2, 0) is 0 Å². The summed E-state index contributed by atoms with van der Waals surface area (Å²) in [5, 5.41) is 2.71. The number of nitrogens with one attached hydrogen (secondary N) is 1. The van der Waals surface area contributed by atoms with Gasteiger partial charge in [0.05, 0.1) is 0 Å². The second kappa shape index (κ2) is 7.68. The summed E-state index contributed by atoms with van der Waals surface area (Å²) >= 11 is 0. The van der Waals surface area contributed by atoms with Gasteiger partial charge in [-0.15, -0.1) is 0 Å². The average Bonchev–Trinajstić information content (AvgIpc) is 2.36. The van der Waals surface area contributed by atoms with Crippen LogP contribution in [-0.4, -0.2) is 51.1 Å². The van der Waals surface area contributed by atoms with Gasteiger partial charge in [-0.3, -0.25) is 4.79 Å². The topological polar surface area (TPSA) is 67.6 Å². The first-order chi connectivity index (χ1) is 8.63. The van der Waals surface area contributed by atoms with Crippen LogP contribution in [0.3, 0.4) is 0 Å². The molecule has 0 spiro atoms. The van der Waals surface area contributed by atoms with E-state index in [1.807, 2.05) is 14.1 Å².